The Hall–Kier alpha value is -4.57. The Morgan fingerprint density at radius 3 is 2.74 bits per heavy atom. The van der Waals surface area contributed by atoms with Crippen LogP contribution in [0.3, 0.4) is 0 Å². The summed E-state index contributed by atoms with van der Waals surface area (Å²) >= 11 is 0. The molecule has 0 saturated carbocycles. The number of rotatable bonds is 8. The van der Waals surface area contributed by atoms with Gasteiger partial charge in [-0.05, 0) is 73.9 Å². The Balaban J connectivity index is 1.23. The lowest BCUT2D eigenvalue weighted by Crippen LogP contribution is -2.54. The van der Waals surface area contributed by atoms with E-state index in [0.717, 1.165) is 75.0 Å². The Morgan fingerprint density at radius 1 is 1.10 bits per heavy atom. The normalized spacial score (nSPS) is 25.2. The van der Waals surface area contributed by atoms with Gasteiger partial charge >= 0.3 is 6.01 Å². The molecular formula is C38H40F2N8O2. The van der Waals surface area contributed by atoms with Crippen LogP contribution in [0.1, 0.15) is 44.1 Å². The van der Waals surface area contributed by atoms with Gasteiger partial charge < -0.3 is 20.5 Å². The number of aromatic nitrogens is 4. The second kappa shape index (κ2) is 12.0. The molecule has 3 N–H and O–H groups in total. The van der Waals surface area contributed by atoms with Crippen molar-refractivity contribution < 1.29 is 18.6 Å². The predicted octanol–water partition coefficient (Wildman–Crippen LogP) is 4.79. The second-order valence-corrected chi connectivity index (χ2v) is 14.5. The number of nitrogens with two attached hydrogens (primary N) is 1. The lowest BCUT2D eigenvalue weighted by atomic mass is 9.93. The van der Waals surface area contributed by atoms with E-state index in [4.69, 9.17) is 31.8 Å². The number of ether oxygens (including phenoxy) is 1. The van der Waals surface area contributed by atoms with Gasteiger partial charge in [0.25, 0.3) is 0 Å². The van der Waals surface area contributed by atoms with Crippen LogP contribution >= 0.6 is 0 Å². The summed E-state index contributed by atoms with van der Waals surface area (Å²) in [4.78, 5) is 22.1. The predicted molar refractivity (Wildman–Crippen MR) is 190 cm³/mol. The van der Waals surface area contributed by atoms with E-state index in [9.17, 15) is 9.50 Å². The first-order valence-electron chi connectivity index (χ1n) is 17.7. The van der Waals surface area contributed by atoms with Gasteiger partial charge in [0.05, 0.1) is 16.6 Å². The monoisotopic (exact) mass is 678 g/mol. The highest BCUT2D eigenvalue weighted by Crippen LogP contribution is 2.43. The smallest absolute Gasteiger partial charge is 0.319 e. The molecule has 50 heavy (non-hydrogen) atoms. The molecule has 7 heterocycles. The fourth-order valence-electron chi connectivity index (χ4n) is 9.38. The fraction of sp³-hybridized carbons (Fsp3) is 0.447. The van der Waals surface area contributed by atoms with E-state index in [0.29, 0.717) is 52.9 Å². The number of alkyl halides is 1. The first kappa shape index (κ1) is 31.4. The van der Waals surface area contributed by atoms with E-state index in [1.807, 2.05) is 22.7 Å². The second-order valence-electron chi connectivity index (χ2n) is 14.5. The Kier molecular flexibility index (Phi) is 7.56. The number of piperazine rings is 1. The van der Waals surface area contributed by atoms with Crippen molar-refractivity contribution in [2.75, 3.05) is 56.6 Å². The van der Waals surface area contributed by atoms with Gasteiger partial charge in [0.2, 0.25) is 0 Å². The minimum absolute atomic E-state index is 0.161. The van der Waals surface area contributed by atoms with Crippen molar-refractivity contribution in [2.24, 2.45) is 0 Å². The highest BCUT2D eigenvalue weighted by atomic mass is 19.1. The maximum Gasteiger partial charge on any atom is 0.319 e. The number of fused-ring (bicyclic) bond motifs is 7. The molecule has 5 aromatic rings. The van der Waals surface area contributed by atoms with Crippen molar-refractivity contribution >= 4 is 39.0 Å². The third-order valence-corrected chi connectivity index (χ3v) is 11.5. The minimum Gasteiger partial charge on any atom is -0.461 e. The molecule has 0 spiro atoms. The van der Waals surface area contributed by atoms with Gasteiger partial charge in [-0.3, -0.25) is 14.2 Å². The molecule has 3 aromatic heterocycles. The van der Waals surface area contributed by atoms with Gasteiger partial charge in [-0.1, -0.05) is 12.0 Å². The van der Waals surface area contributed by atoms with E-state index in [2.05, 4.69) is 20.6 Å². The Bertz CT molecular complexity index is 2170. The number of pyridine rings is 1. The zero-order chi connectivity index (χ0) is 34.1. The molecule has 4 aliphatic heterocycles. The van der Waals surface area contributed by atoms with Gasteiger partial charge in [0.1, 0.15) is 29.8 Å². The van der Waals surface area contributed by atoms with Gasteiger partial charge in [0.15, 0.2) is 5.82 Å². The van der Waals surface area contributed by atoms with E-state index in [1.54, 1.807) is 18.3 Å². The number of anilines is 2. The lowest BCUT2D eigenvalue weighted by Gasteiger charge is -2.42. The quantitative estimate of drug-likeness (QED) is 0.177. The molecule has 2 aromatic carbocycles. The molecule has 4 saturated heterocycles. The molecule has 0 amide bonds. The van der Waals surface area contributed by atoms with Crippen LogP contribution in [0.2, 0.25) is 0 Å². The number of nitrogen functional groups attached to an aromatic ring is 1. The maximum atomic E-state index is 15.2. The molecule has 4 aliphatic rings. The highest BCUT2D eigenvalue weighted by molar-refractivity contribution is 6.07. The maximum absolute atomic E-state index is 15.2. The van der Waals surface area contributed by atoms with E-state index in [-0.39, 0.29) is 35.8 Å². The number of imidazole rings is 1. The molecule has 10 nitrogen and oxygen atoms in total. The van der Waals surface area contributed by atoms with Gasteiger partial charge in [-0.15, -0.1) is 6.42 Å². The summed E-state index contributed by atoms with van der Waals surface area (Å²) in [6.07, 6.45) is 13.8. The zero-order valence-electron chi connectivity index (χ0n) is 27.9. The van der Waals surface area contributed by atoms with Crippen molar-refractivity contribution in [3.63, 3.8) is 0 Å². The van der Waals surface area contributed by atoms with Gasteiger partial charge in [-0.2, -0.15) is 9.97 Å². The summed E-state index contributed by atoms with van der Waals surface area (Å²) in [5.74, 6) is 2.85. The van der Waals surface area contributed by atoms with Crippen LogP contribution in [0.5, 0.6) is 6.01 Å². The molecule has 258 valence electrons. The summed E-state index contributed by atoms with van der Waals surface area (Å²) in [7, 11) is 0. The third-order valence-electron chi connectivity index (χ3n) is 11.5. The summed E-state index contributed by atoms with van der Waals surface area (Å²) in [5.41, 5.74) is 10.2. The molecule has 2 bridgehead atoms. The van der Waals surface area contributed by atoms with Crippen LogP contribution in [0.15, 0.2) is 42.7 Å². The first-order valence-corrected chi connectivity index (χ1v) is 17.7. The van der Waals surface area contributed by atoms with Crippen molar-refractivity contribution in [3.05, 3.63) is 54.1 Å². The summed E-state index contributed by atoms with van der Waals surface area (Å²) < 4.78 is 38.3. The number of likely N-dealkylation sites (tertiary alicyclic amines) is 1. The first-order chi connectivity index (χ1) is 24.4. The number of terminal acetylenes is 1. The largest absolute Gasteiger partial charge is 0.461 e. The topological polar surface area (TPSA) is 108 Å². The number of aliphatic hydroxyl groups excluding tert-OH is 1. The number of benzene rings is 2. The molecule has 3 unspecified atom stereocenters. The average Bonchev–Trinajstić information content (AvgIpc) is 3.87. The molecule has 0 aliphatic carbocycles. The van der Waals surface area contributed by atoms with Crippen LogP contribution in [0.4, 0.5) is 20.3 Å². The van der Waals surface area contributed by atoms with Gasteiger partial charge in [-0.25, -0.2) is 13.8 Å². The summed E-state index contributed by atoms with van der Waals surface area (Å²) in [6.45, 7) is 4.39. The number of hydrogen-bond acceptors (Lipinski definition) is 9. The number of hydrogen-bond donors (Lipinski definition) is 2. The lowest BCUT2D eigenvalue weighted by molar-refractivity contribution is 0.107. The standard InChI is InChI=1S/C38H40F2N8O2/c1-2-28-31(40)8-5-23-15-25(41)16-29(33(23)28)30-17-32-34(47-13-10-42-35(30)47)36(48-26-6-7-27(48)21-45(20-26)11-4-14-49)44-37(43-32)50-22-38-9-3-12-46(38)19-24(39)18-38/h1,5,8,10,13,15-17,24,26-27,49H,3-4,6-7,9,11-12,14,18-22,41H2/t24-,26?,27?,38?/m1/s1. The number of halogens is 2. The fourth-order valence-corrected chi connectivity index (χ4v) is 9.38. The molecule has 4 atom stereocenters. The van der Waals surface area contributed by atoms with Crippen molar-refractivity contribution in [1.29, 1.82) is 0 Å². The molecule has 0 radical (unpaired) electrons. The van der Waals surface area contributed by atoms with Crippen LogP contribution in [0.25, 0.3) is 38.6 Å². The van der Waals surface area contributed by atoms with E-state index >= 15 is 4.39 Å². The van der Waals surface area contributed by atoms with Gasteiger partial charge in [0, 0.05) is 80.3 Å². The molecule has 9 rings (SSSR count). The van der Waals surface area contributed by atoms with E-state index in [1.165, 1.54) is 6.07 Å². The Labute approximate surface area is 288 Å². The van der Waals surface area contributed by atoms with Crippen molar-refractivity contribution in [2.45, 2.75) is 62.3 Å². The van der Waals surface area contributed by atoms with Crippen molar-refractivity contribution in [3.8, 4) is 29.5 Å². The van der Waals surface area contributed by atoms with Crippen LogP contribution < -0.4 is 15.4 Å². The zero-order valence-corrected chi connectivity index (χ0v) is 27.9. The highest BCUT2D eigenvalue weighted by Gasteiger charge is 2.49. The Morgan fingerprint density at radius 2 is 1.94 bits per heavy atom. The molecular weight excluding hydrogens is 638 g/mol. The SMILES string of the molecule is C#Cc1c(F)ccc2cc(N)cc(-c3cc4nc(OCC56CCCN5C[C@H](F)C6)nc(N5C6CCC5CN(CCCO)C6)c4n4ccnc34)c12. The third kappa shape index (κ3) is 4.97. The minimum atomic E-state index is -0.868. The van der Waals surface area contributed by atoms with Crippen LogP contribution in [-0.4, -0.2) is 104 Å². The van der Waals surface area contributed by atoms with Crippen LogP contribution in [0, 0.1) is 18.2 Å². The molecule has 12 heteroatoms. The average molecular weight is 679 g/mol. The van der Waals surface area contributed by atoms with E-state index < -0.39 is 12.0 Å². The summed E-state index contributed by atoms with van der Waals surface area (Å²) in [5, 5.41) is 10.8. The number of nitrogens with zero attached hydrogens (tertiary/aromatic N) is 7. The number of aliphatic hydroxyl groups is 1. The summed E-state index contributed by atoms with van der Waals surface area (Å²) in [6, 6.07) is 9.32. The van der Waals surface area contributed by atoms with Crippen molar-refractivity contribution in [1.82, 2.24) is 29.2 Å². The molecule has 4 fully saturated rings. The van der Waals surface area contributed by atoms with Crippen LogP contribution in [-0.2, 0) is 0 Å².